The molecule has 0 atom stereocenters. The Bertz CT molecular complexity index is 434. The Morgan fingerprint density at radius 1 is 1.19 bits per heavy atom. The Hall–Kier alpha value is 0.206. The van der Waals surface area contributed by atoms with Crippen LogP contribution >= 0.6 is 0 Å². The molecule has 0 heterocycles. The summed E-state index contributed by atoms with van der Waals surface area (Å²) in [4.78, 5) is 0. The summed E-state index contributed by atoms with van der Waals surface area (Å²) in [6, 6.07) is 2.35. The van der Waals surface area contributed by atoms with Gasteiger partial charge in [0.15, 0.2) is 5.75 Å². The first-order chi connectivity index (χ1) is 6.91. The van der Waals surface area contributed by atoms with Gasteiger partial charge < -0.3 is 22.8 Å². The Labute approximate surface area is 138 Å². The fourth-order valence-corrected chi connectivity index (χ4v) is 1.46. The van der Waals surface area contributed by atoms with Crippen molar-refractivity contribution in [3.63, 3.8) is 0 Å². The van der Waals surface area contributed by atoms with E-state index in [-0.39, 0.29) is 74.6 Å². The van der Waals surface area contributed by atoms with Gasteiger partial charge in [-0.2, -0.15) is 0 Å². The zero-order chi connectivity index (χ0) is 11.6. The van der Waals surface area contributed by atoms with Crippen molar-refractivity contribution in [1.29, 1.82) is 0 Å². The maximum absolute atomic E-state index is 10.2. The van der Waals surface area contributed by atoms with Crippen LogP contribution in [-0.4, -0.2) is 10.2 Å². The summed E-state index contributed by atoms with van der Waals surface area (Å²) in [6.07, 6.45) is 0. The molecule has 7 heteroatoms. The van der Waals surface area contributed by atoms with Gasteiger partial charge in [-0.05, 0) is 12.0 Å². The van der Waals surface area contributed by atoms with Gasteiger partial charge >= 0.3 is 51.4 Å². The van der Waals surface area contributed by atoms with E-state index in [0.29, 0.717) is 5.56 Å². The van der Waals surface area contributed by atoms with E-state index in [1.165, 1.54) is 6.07 Å². The topological polar surface area (TPSA) is 83.8 Å². The minimum absolute atomic E-state index is 0. The molecule has 0 amide bonds. The fraction of sp³-hybridized carbons (Fsp3) is 0.333. The summed E-state index contributed by atoms with van der Waals surface area (Å²) >= 11 is 0. The minimum atomic E-state index is -2.77. The van der Waals surface area contributed by atoms with E-state index in [9.17, 15) is 18.6 Å². The summed E-state index contributed by atoms with van der Waals surface area (Å²) in [5.41, 5.74) is 0.525. The molecule has 0 unspecified atom stereocenters. The maximum Gasteiger partial charge on any atom is 1.00 e. The van der Waals surface area contributed by atoms with Crippen LogP contribution in [-0.2, 0) is 19.4 Å². The van der Waals surface area contributed by atoms with Gasteiger partial charge in [0.05, 0.1) is 0 Å². The quantitative estimate of drug-likeness (QED) is 0.411. The van der Waals surface area contributed by atoms with Crippen molar-refractivity contribution in [1.82, 2.24) is 0 Å². The predicted octanol–water partition coefficient (Wildman–Crippen LogP) is -1.17. The van der Waals surface area contributed by atoms with Gasteiger partial charge in [-0.1, -0.05) is 13.8 Å². The van der Waals surface area contributed by atoms with E-state index in [0.717, 1.165) is 6.07 Å². The first-order valence-corrected chi connectivity index (χ1v) is 5.25. The maximum atomic E-state index is 10.2. The third-order valence-electron chi connectivity index (χ3n) is 1.89. The summed E-state index contributed by atoms with van der Waals surface area (Å²) in [5.74, 6) is -0.697. The van der Waals surface area contributed by atoms with Crippen LogP contribution in [0.3, 0.4) is 0 Å². The second-order valence-electron chi connectivity index (χ2n) is 3.32. The van der Waals surface area contributed by atoms with Crippen LogP contribution < -0.4 is 55.6 Å². The molecule has 0 saturated carbocycles. The van der Waals surface area contributed by atoms with Crippen LogP contribution in [0.15, 0.2) is 12.1 Å². The molecule has 84 valence electrons. The molecule has 0 aliphatic heterocycles. The van der Waals surface area contributed by atoms with Crippen molar-refractivity contribution < 1.29 is 74.2 Å². The molecule has 2 N–H and O–H groups in total. The molecule has 16 heavy (non-hydrogen) atoms. The minimum Gasteiger partial charge on any atom is -0.530 e. The van der Waals surface area contributed by atoms with Gasteiger partial charge in [0, 0.05) is 11.6 Å². The van der Waals surface area contributed by atoms with Gasteiger partial charge in [0.2, 0.25) is 0 Å². The molecule has 0 aliphatic carbocycles. The van der Waals surface area contributed by atoms with Crippen LogP contribution in [0, 0.1) is 0 Å². The van der Waals surface area contributed by atoms with Crippen molar-refractivity contribution in [2.75, 3.05) is 0 Å². The Kier molecular flexibility index (Phi) is 6.91. The first-order valence-electron chi connectivity index (χ1n) is 4.25. The van der Waals surface area contributed by atoms with Gasteiger partial charge in [0.1, 0.15) is 22.5 Å². The molecule has 0 aliphatic rings. The fourth-order valence-electron chi connectivity index (χ4n) is 1.18. The summed E-state index contributed by atoms with van der Waals surface area (Å²) < 4.78 is 24.7. The summed E-state index contributed by atoms with van der Waals surface area (Å²) in [5, 5.41) is 18.9. The van der Waals surface area contributed by atoms with Crippen molar-refractivity contribution in [3.8, 4) is 17.2 Å². The summed E-state index contributed by atoms with van der Waals surface area (Å²) in [7, 11) is -2.77. The SMILES string of the molecule is CC(C)c1cc(O)c(O[S-](=O)=O)cc1O.[K+]. The van der Waals surface area contributed by atoms with Gasteiger partial charge in [0.25, 0.3) is 0 Å². The number of aromatic hydroxyl groups is 2. The molecular weight excluding hydrogens is 259 g/mol. The molecule has 0 bridgehead atoms. The number of hydrogen-bond donors (Lipinski definition) is 2. The Morgan fingerprint density at radius 3 is 2.19 bits per heavy atom. The summed E-state index contributed by atoms with van der Waals surface area (Å²) in [6.45, 7) is 3.67. The molecule has 1 aromatic rings. The number of benzene rings is 1. The molecule has 0 saturated heterocycles. The smallest absolute Gasteiger partial charge is 0.530 e. The standard InChI is InChI=1S/C9H11O5S.K/c1-5(2)6-3-8(11)9(4-7(6)10)14-15(12)13;/h3-5,10-11H,1-2H3;/q-1;+1. The molecule has 0 fully saturated rings. The molecule has 0 spiro atoms. The van der Waals surface area contributed by atoms with Crippen molar-refractivity contribution in [2.24, 2.45) is 0 Å². The Balaban J connectivity index is 0.00000225. The molecule has 1 aromatic carbocycles. The number of phenolic OH excluding ortho intramolecular Hbond substituents is 2. The monoisotopic (exact) mass is 270 g/mol. The third-order valence-corrected chi connectivity index (χ3v) is 2.20. The van der Waals surface area contributed by atoms with E-state index < -0.39 is 11.0 Å². The van der Waals surface area contributed by atoms with E-state index in [4.69, 9.17) is 0 Å². The van der Waals surface area contributed by atoms with Gasteiger partial charge in [-0.3, -0.25) is 0 Å². The molecule has 0 radical (unpaired) electrons. The molecule has 5 nitrogen and oxygen atoms in total. The second-order valence-corrected chi connectivity index (χ2v) is 3.90. The zero-order valence-electron chi connectivity index (χ0n) is 9.26. The molecular formula is C9H11KO5S. The van der Waals surface area contributed by atoms with Gasteiger partial charge in [-0.15, -0.1) is 0 Å². The van der Waals surface area contributed by atoms with Crippen molar-refractivity contribution >= 4 is 11.0 Å². The third kappa shape index (κ3) is 4.23. The van der Waals surface area contributed by atoms with E-state index in [1.807, 2.05) is 13.8 Å². The normalized spacial score (nSPS) is 10.2. The van der Waals surface area contributed by atoms with Crippen molar-refractivity contribution in [3.05, 3.63) is 17.7 Å². The van der Waals surface area contributed by atoms with Crippen molar-refractivity contribution in [2.45, 2.75) is 19.8 Å². The van der Waals surface area contributed by atoms with Crippen LogP contribution in [0.25, 0.3) is 0 Å². The van der Waals surface area contributed by atoms with Crippen LogP contribution in [0.2, 0.25) is 0 Å². The first kappa shape index (κ1) is 16.2. The van der Waals surface area contributed by atoms with Crippen LogP contribution in [0.4, 0.5) is 0 Å². The molecule has 1 rings (SSSR count). The van der Waals surface area contributed by atoms with E-state index >= 15 is 0 Å². The Morgan fingerprint density at radius 2 is 1.75 bits per heavy atom. The number of phenols is 2. The average molecular weight is 270 g/mol. The number of rotatable bonds is 3. The van der Waals surface area contributed by atoms with Crippen LogP contribution in [0.1, 0.15) is 25.3 Å². The molecule has 0 aromatic heterocycles. The predicted molar refractivity (Wildman–Crippen MR) is 53.2 cm³/mol. The van der Waals surface area contributed by atoms with Gasteiger partial charge in [-0.25, -0.2) is 0 Å². The largest absolute Gasteiger partial charge is 1.00 e. The van der Waals surface area contributed by atoms with E-state index in [1.54, 1.807) is 0 Å². The zero-order valence-corrected chi connectivity index (χ0v) is 13.2. The average Bonchev–Trinajstić information content (AvgIpc) is 2.09. The second kappa shape index (κ2) is 6.82. The van der Waals surface area contributed by atoms with E-state index in [2.05, 4.69) is 4.18 Å². The van der Waals surface area contributed by atoms with Crippen LogP contribution in [0.5, 0.6) is 17.2 Å². The number of hydrogen-bond acceptors (Lipinski definition) is 6.